The van der Waals surface area contributed by atoms with Gasteiger partial charge in [-0.25, -0.2) is 9.97 Å². The topological polar surface area (TPSA) is 109 Å². The predicted molar refractivity (Wildman–Crippen MR) is 169 cm³/mol. The molecule has 2 heterocycles. The maximum Gasteiger partial charge on any atom is 0.310 e. The number of benzene rings is 3. The van der Waals surface area contributed by atoms with Gasteiger partial charge in [-0.05, 0) is 59.9 Å². The van der Waals surface area contributed by atoms with Gasteiger partial charge in [0.25, 0.3) is 5.91 Å². The maximum absolute atomic E-state index is 12.9. The van der Waals surface area contributed by atoms with Gasteiger partial charge in [0.15, 0.2) is 11.5 Å². The van der Waals surface area contributed by atoms with Crippen LogP contribution in [0.3, 0.4) is 0 Å². The summed E-state index contributed by atoms with van der Waals surface area (Å²) >= 11 is 0. The maximum atomic E-state index is 12.9. The van der Waals surface area contributed by atoms with E-state index in [9.17, 15) is 14.7 Å². The van der Waals surface area contributed by atoms with Crippen LogP contribution in [0.5, 0.6) is 0 Å². The fraction of sp³-hybridized carbons (Fsp3) is 0.235. The van der Waals surface area contributed by atoms with Crippen molar-refractivity contribution >= 4 is 34.7 Å². The minimum atomic E-state index is -0.869. The molecular weight excluding hydrogens is 526 g/mol. The second kappa shape index (κ2) is 12.7. The summed E-state index contributed by atoms with van der Waals surface area (Å²) < 4.78 is 1.88. The Bertz CT molecular complexity index is 1680. The summed E-state index contributed by atoms with van der Waals surface area (Å²) in [7, 11) is 0. The number of nitrogens with zero attached hydrogens (tertiary/aromatic N) is 3. The first kappa shape index (κ1) is 30.0. The lowest BCUT2D eigenvalue weighted by molar-refractivity contribution is -0.138. The number of imidazole rings is 1. The molecule has 0 aliphatic heterocycles. The number of carbonyl (C=O) groups excluding carboxylic acids is 1. The van der Waals surface area contributed by atoms with Crippen molar-refractivity contribution in [3.8, 4) is 11.3 Å². The Morgan fingerprint density at radius 3 is 2.26 bits per heavy atom. The monoisotopic (exact) mass is 563 g/mol. The van der Waals surface area contributed by atoms with Gasteiger partial charge in [-0.15, -0.1) is 0 Å². The van der Waals surface area contributed by atoms with E-state index >= 15 is 0 Å². The summed E-state index contributed by atoms with van der Waals surface area (Å²) in [4.78, 5) is 33.5. The SMILES string of the molecule is CC.CC(C(=O)O)c1ccc(Nc2nc(-c3cccc(NC(=O)c4ccc(C(C)(C)C)cc4)c3)cn3ccnc23)cc1. The average Bonchev–Trinajstić information content (AvgIpc) is 3.47. The number of rotatable bonds is 7. The molecule has 0 saturated heterocycles. The van der Waals surface area contributed by atoms with Crippen molar-refractivity contribution in [1.82, 2.24) is 14.4 Å². The zero-order valence-corrected chi connectivity index (χ0v) is 24.8. The van der Waals surface area contributed by atoms with Gasteiger partial charge < -0.3 is 20.1 Å². The van der Waals surface area contributed by atoms with Gasteiger partial charge in [-0.1, -0.05) is 71.0 Å². The number of carboxylic acids is 1. The van der Waals surface area contributed by atoms with Crippen LogP contribution in [0.15, 0.2) is 91.4 Å². The molecule has 8 heteroatoms. The average molecular weight is 564 g/mol. The molecule has 8 nitrogen and oxygen atoms in total. The number of fused-ring (bicyclic) bond motifs is 1. The highest BCUT2D eigenvalue weighted by molar-refractivity contribution is 6.04. The molecule has 5 rings (SSSR count). The lowest BCUT2D eigenvalue weighted by Gasteiger charge is -2.19. The fourth-order valence-corrected chi connectivity index (χ4v) is 4.37. The van der Waals surface area contributed by atoms with E-state index in [0.29, 0.717) is 28.4 Å². The molecule has 5 aromatic rings. The summed E-state index contributed by atoms with van der Waals surface area (Å²) in [5, 5.41) is 15.6. The first-order valence-electron chi connectivity index (χ1n) is 14.0. The highest BCUT2D eigenvalue weighted by atomic mass is 16.4. The van der Waals surface area contributed by atoms with E-state index in [0.717, 1.165) is 16.8 Å². The molecular formula is C34H37N5O3. The van der Waals surface area contributed by atoms with Gasteiger partial charge in [0.2, 0.25) is 0 Å². The van der Waals surface area contributed by atoms with Crippen molar-refractivity contribution in [1.29, 1.82) is 0 Å². The van der Waals surface area contributed by atoms with Crippen molar-refractivity contribution in [3.63, 3.8) is 0 Å². The minimum Gasteiger partial charge on any atom is -0.481 e. The molecule has 3 aromatic carbocycles. The first-order valence-corrected chi connectivity index (χ1v) is 14.0. The van der Waals surface area contributed by atoms with Crippen molar-refractivity contribution < 1.29 is 14.7 Å². The number of aliphatic carboxylic acids is 1. The van der Waals surface area contributed by atoms with Gasteiger partial charge in [0.05, 0.1) is 11.6 Å². The quantitative estimate of drug-likeness (QED) is 0.186. The third-order valence-electron chi connectivity index (χ3n) is 6.85. The van der Waals surface area contributed by atoms with E-state index in [1.165, 1.54) is 5.56 Å². The lowest BCUT2D eigenvalue weighted by atomic mass is 9.87. The van der Waals surface area contributed by atoms with Crippen LogP contribution < -0.4 is 10.6 Å². The van der Waals surface area contributed by atoms with E-state index in [1.54, 1.807) is 25.3 Å². The zero-order chi connectivity index (χ0) is 30.4. The van der Waals surface area contributed by atoms with Crippen LogP contribution in [-0.4, -0.2) is 31.4 Å². The number of anilines is 3. The Kier molecular flexibility index (Phi) is 9.06. The predicted octanol–water partition coefficient (Wildman–Crippen LogP) is 7.90. The molecule has 0 aliphatic carbocycles. The number of nitrogens with one attached hydrogen (secondary N) is 2. The third kappa shape index (κ3) is 6.83. The standard InChI is InChI=1S/C32H31N5O3.C2H6/c1-20(31(39)40)21-10-14-25(15-11-21)34-28-29-33-16-17-37(29)19-27(36-28)23-6-5-7-26(18-23)35-30(38)22-8-12-24(13-9-22)32(2,3)4;1-2/h5-20H,1-4H3,(H,34,36)(H,35,38)(H,39,40);1-2H3. The van der Waals surface area contributed by atoms with Crippen LogP contribution in [-0.2, 0) is 10.2 Å². The number of carboxylic acid groups (broad SMARTS) is 1. The van der Waals surface area contributed by atoms with Crippen molar-refractivity contribution in [2.45, 2.75) is 52.9 Å². The van der Waals surface area contributed by atoms with E-state index in [-0.39, 0.29) is 11.3 Å². The molecule has 216 valence electrons. The number of amides is 1. The lowest BCUT2D eigenvalue weighted by Crippen LogP contribution is -2.14. The number of carbonyl (C=O) groups is 2. The summed E-state index contributed by atoms with van der Waals surface area (Å²) in [6.45, 7) is 12.1. The van der Waals surface area contributed by atoms with Gasteiger partial charge in [0.1, 0.15) is 0 Å². The highest BCUT2D eigenvalue weighted by Gasteiger charge is 2.16. The minimum absolute atomic E-state index is 0.0166. The number of aromatic nitrogens is 3. The van der Waals surface area contributed by atoms with Crippen LogP contribution in [0, 0.1) is 0 Å². The van der Waals surface area contributed by atoms with Crippen LogP contribution >= 0.6 is 0 Å². The molecule has 1 amide bonds. The van der Waals surface area contributed by atoms with E-state index in [2.05, 4.69) is 36.4 Å². The molecule has 1 atom stereocenters. The van der Waals surface area contributed by atoms with E-state index in [1.807, 2.05) is 91.3 Å². The normalized spacial score (nSPS) is 11.8. The summed E-state index contributed by atoms with van der Waals surface area (Å²) in [5.74, 6) is -1.09. The van der Waals surface area contributed by atoms with Crippen LogP contribution in [0.4, 0.5) is 17.2 Å². The molecule has 0 aliphatic rings. The Morgan fingerprint density at radius 1 is 0.929 bits per heavy atom. The number of hydrogen-bond donors (Lipinski definition) is 3. The Hall–Kier alpha value is -4.98. The number of hydrogen-bond acceptors (Lipinski definition) is 5. The summed E-state index contributed by atoms with van der Waals surface area (Å²) in [6.07, 6.45) is 5.43. The third-order valence-corrected chi connectivity index (χ3v) is 6.85. The first-order chi connectivity index (χ1) is 20.1. The van der Waals surface area contributed by atoms with E-state index in [4.69, 9.17) is 4.98 Å². The zero-order valence-electron chi connectivity index (χ0n) is 24.8. The largest absolute Gasteiger partial charge is 0.481 e. The molecule has 0 radical (unpaired) electrons. The fourth-order valence-electron chi connectivity index (χ4n) is 4.37. The van der Waals surface area contributed by atoms with Crippen LogP contribution in [0.2, 0.25) is 0 Å². The van der Waals surface area contributed by atoms with E-state index < -0.39 is 11.9 Å². The molecule has 1 unspecified atom stereocenters. The van der Waals surface area contributed by atoms with Crippen LogP contribution in [0.25, 0.3) is 16.9 Å². The van der Waals surface area contributed by atoms with Gasteiger partial charge >= 0.3 is 5.97 Å². The Morgan fingerprint density at radius 2 is 1.62 bits per heavy atom. The van der Waals surface area contributed by atoms with Crippen LogP contribution in [0.1, 0.15) is 68.9 Å². The molecule has 0 spiro atoms. The second-order valence-electron chi connectivity index (χ2n) is 10.8. The summed E-state index contributed by atoms with van der Waals surface area (Å²) in [5.41, 5.74) is 6.07. The molecule has 0 bridgehead atoms. The smallest absolute Gasteiger partial charge is 0.310 e. The van der Waals surface area contributed by atoms with Gasteiger partial charge in [-0.2, -0.15) is 0 Å². The second-order valence-corrected chi connectivity index (χ2v) is 10.8. The van der Waals surface area contributed by atoms with Crippen molar-refractivity contribution in [2.75, 3.05) is 10.6 Å². The molecule has 3 N–H and O–H groups in total. The highest BCUT2D eigenvalue weighted by Crippen LogP contribution is 2.28. The van der Waals surface area contributed by atoms with Gasteiger partial charge in [0, 0.05) is 41.1 Å². The van der Waals surface area contributed by atoms with Gasteiger partial charge in [-0.3, -0.25) is 9.59 Å². The molecule has 2 aromatic heterocycles. The Labute approximate surface area is 246 Å². The van der Waals surface area contributed by atoms with Crippen molar-refractivity contribution in [2.24, 2.45) is 0 Å². The molecule has 0 saturated carbocycles. The molecule has 42 heavy (non-hydrogen) atoms. The van der Waals surface area contributed by atoms with Crippen molar-refractivity contribution in [3.05, 3.63) is 108 Å². The Balaban J connectivity index is 0.00000198. The summed E-state index contributed by atoms with van der Waals surface area (Å²) in [6, 6.07) is 22.5. The molecule has 0 fully saturated rings.